The number of hydrogen-bond donors (Lipinski definition) is 1. The van der Waals surface area contributed by atoms with E-state index in [-0.39, 0.29) is 5.91 Å². The van der Waals surface area contributed by atoms with Gasteiger partial charge in [0.05, 0.1) is 0 Å². The number of aryl methyl sites for hydroxylation is 1. The number of carbonyl (C=O) groups is 1. The third kappa shape index (κ3) is 2.34. The first-order valence-corrected chi connectivity index (χ1v) is 6.89. The first kappa shape index (κ1) is 12.2. The SMILES string of the molecule is Cc1csc2nc(C(=O)Nc3cccc(Cl)c3)cn12. The van der Waals surface area contributed by atoms with Gasteiger partial charge in [0, 0.05) is 28.0 Å². The molecule has 0 unspecified atom stereocenters. The van der Waals surface area contributed by atoms with Crippen LogP contribution in [0.5, 0.6) is 0 Å². The van der Waals surface area contributed by atoms with Gasteiger partial charge in [0.15, 0.2) is 4.96 Å². The standard InChI is InChI=1S/C13H10ClN3OS/c1-8-7-19-13-16-11(6-17(8)13)12(18)15-10-4-2-3-9(14)5-10/h2-7H,1H3,(H,15,18). The first-order chi connectivity index (χ1) is 9.13. The molecule has 4 nitrogen and oxygen atoms in total. The van der Waals surface area contributed by atoms with E-state index < -0.39 is 0 Å². The fraction of sp³-hybridized carbons (Fsp3) is 0.0769. The van der Waals surface area contributed by atoms with Crippen LogP contribution in [0.15, 0.2) is 35.8 Å². The van der Waals surface area contributed by atoms with Crippen molar-refractivity contribution in [3.8, 4) is 0 Å². The number of amides is 1. The van der Waals surface area contributed by atoms with Gasteiger partial charge >= 0.3 is 0 Å². The van der Waals surface area contributed by atoms with Gasteiger partial charge in [-0.1, -0.05) is 17.7 Å². The number of nitrogens with zero attached hydrogens (tertiary/aromatic N) is 2. The largest absolute Gasteiger partial charge is 0.321 e. The van der Waals surface area contributed by atoms with Gasteiger partial charge in [0.2, 0.25) is 0 Å². The summed E-state index contributed by atoms with van der Waals surface area (Å²) in [4.78, 5) is 17.2. The normalized spacial score (nSPS) is 10.8. The topological polar surface area (TPSA) is 46.4 Å². The van der Waals surface area contributed by atoms with Crippen LogP contribution >= 0.6 is 22.9 Å². The van der Waals surface area contributed by atoms with Gasteiger partial charge in [-0.05, 0) is 25.1 Å². The molecule has 0 atom stereocenters. The summed E-state index contributed by atoms with van der Waals surface area (Å²) < 4.78 is 1.90. The average molecular weight is 292 g/mol. The molecule has 6 heteroatoms. The van der Waals surface area contributed by atoms with Crippen molar-refractivity contribution in [1.82, 2.24) is 9.38 Å². The van der Waals surface area contributed by atoms with Gasteiger partial charge in [-0.25, -0.2) is 4.98 Å². The van der Waals surface area contributed by atoms with Crippen LogP contribution in [0, 0.1) is 6.92 Å². The summed E-state index contributed by atoms with van der Waals surface area (Å²) in [6.07, 6.45) is 1.74. The number of aromatic nitrogens is 2. The minimum atomic E-state index is -0.238. The highest BCUT2D eigenvalue weighted by Gasteiger charge is 2.12. The van der Waals surface area contributed by atoms with Crippen molar-refractivity contribution in [3.05, 3.63) is 52.3 Å². The molecule has 1 N–H and O–H groups in total. The smallest absolute Gasteiger partial charge is 0.275 e. The summed E-state index contributed by atoms with van der Waals surface area (Å²) in [7, 11) is 0. The van der Waals surface area contributed by atoms with E-state index in [1.807, 2.05) is 16.7 Å². The maximum Gasteiger partial charge on any atom is 0.275 e. The maximum atomic E-state index is 12.1. The number of halogens is 1. The van der Waals surface area contributed by atoms with Crippen molar-refractivity contribution >= 4 is 39.5 Å². The summed E-state index contributed by atoms with van der Waals surface area (Å²) in [5.74, 6) is -0.238. The van der Waals surface area contributed by atoms with Gasteiger partial charge in [-0.15, -0.1) is 11.3 Å². The minimum Gasteiger partial charge on any atom is -0.321 e. The second kappa shape index (κ2) is 4.68. The van der Waals surface area contributed by atoms with Gasteiger partial charge in [-0.2, -0.15) is 0 Å². The highest BCUT2D eigenvalue weighted by atomic mass is 35.5. The van der Waals surface area contributed by atoms with Crippen molar-refractivity contribution in [2.45, 2.75) is 6.92 Å². The van der Waals surface area contributed by atoms with Crippen LogP contribution in [-0.2, 0) is 0 Å². The molecule has 0 saturated carbocycles. The highest BCUT2D eigenvalue weighted by Crippen LogP contribution is 2.18. The number of benzene rings is 1. The predicted molar refractivity (Wildman–Crippen MR) is 77.2 cm³/mol. The Morgan fingerprint density at radius 3 is 3.05 bits per heavy atom. The van der Waals surface area contributed by atoms with Crippen molar-refractivity contribution in [2.75, 3.05) is 5.32 Å². The lowest BCUT2D eigenvalue weighted by atomic mass is 10.3. The zero-order valence-electron chi connectivity index (χ0n) is 10.1. The second-order valence-electron chi connectivity index (χ2n) is 4.12. The lowest BCUT2D eigenvalue weighted by Gasteiger charge is -2.02. The van der Waals surface area contributed by atoms with Crippen LogP contribution < -0.4 is 5.32 Å². The van der Waals surface area contributed by atoms with Crippen molar-refractivity contribution in [1.29, 1.82) is 0 Å². The number of rotatable bonds is 2. The van der Waals surface area contributed by atoms with Crippen molar-refractivity contribution < 1.29 is 4.79 Å². The van der Waals surface area contributed by atoms with Crippen LogP contribution in [0.2, 0.25) is 5.02 Å². The third-order valence-corrected chi connectivity index (χ3v) is 3.90. The second-order valence-corrected chi connectivity index (χ2v) is 5.39. The van der Waals surface area contributed by atoms with E-state index >= 15 is 0 Å². The quantitative estimate of drug-likeness (QED) is 0.784. The van der Waals surface area contributed by atoms with E-state index in [4.69, 9.17) is 11.6 Å². The Kier molecular flexibility index (Phi) is 3.00. The Morgan fingerprint density at radius 1 is 1.47 bits per heavy atom. The van der Waals surface area contributed by atoms with Crippen molar-refractivity contribution in [3.63, 3.8) is 0 Å². The Bertz CT molecular complexity index is 762. The molecular formula is C13H10ClN3OS. The van der Waals surface area contributed by atoms with Crippen LogP contribution in [0.3, 0.4) is 0 Å². The summed E-state index contributed by atoms with van der Waals surface area (Å²) in [5.41, 5.74) is 2.12. The van der Waals surface area contributed by atoms with Crippen molar-refractivity contribution in [2.24, 2.45) is 0 Å². The van der Waals surface area contributed by atoms with Gasteiger partial charge in [0.1, 0.15) is 5.69 Å². The van der Waals surface area contributed by atoms with E-state index in [2.05, 4.69) is 10.3 Å². The monoisotopic (exact) mass is 291 g/mol. The number of thiazole rings is 1. The third-order valence-electron chi connectivity index (χ3n) is 2.70. The molecule has 0 fully saturated rings. The number of fused-ring (bicyclic) bond motifs is 1. The van der Waals surface area contributed by atoms with Crippen LogP contribution in [0.4, 0.5) is 5.69 Å². The van der Waals surface area contributed by atoms with Crippen LogP contribution in [0.1, 0.15) is 16.2 Å². The van der Waals surface area contributed by atoms with E-state index in [9.17, 15) is 4.79 Å². The molecule has 0 radical (unpaired) electrons. The molecule has 0 aliphatic rings. The summed E-state index contributed by atoms with van der Waals surface area (Å²) in [6.45, 7) is 1.98. The zero-order valence-corrected chi connectivity index (χ0v) is 11.6. The molecule has 1 aromatic carbocycles. The molecule has 2 heterocycles. The molecular weight excluding hydrogens is 282 g/mol. The van der Waals surface area contributed by atoms with Gasteiger partial charge in [-0.3, -0.25) is 9.20 Å². The molecule has 96 valence electrons. The average Bonchev–Trinajstić information content (AvgIpc) is 2.92. The summed E-state index contributed by atoms with van der Waals surface area (Å²) >= 11 is 7.38. The molecule has 0 spiro atoms. The van der Waals surface area contributed by atoms with Crippen LogP contribution in [-0.4, -0.2) is 15.3 Å². The molecule has 0 aliphatic carbocycles. The lowest BCUT2D eigenvalue weighted by molar-refractivity contribution is 0.102. The van der Waals surface area contributed by atoms with E-state index in [0.717, 1.165) is 10.7 Å². The molecule has 0 saturated heterocycles. The molecule has 3 aromatic rings. The zero-order chi connectivity index (χ0) is 13.4. The Hall–Kier alpha value is -1.85. The first-order valence-electron chi connectivity index (χ1n) is 5.63. The predicted octanol–water partition coefficient (Wildman–Crippen LogP) is 3.61. The molecule has 1 amide bonds. The summed E-state index contributed by atoms with van der Waals surface area (Å²) in [6, 6.07) is 7.03. The lowest BCUT2D eigenvalue weighted by Crippen LogP contribution is -2.12. The molecule has 2 aromatic heterocycles. The molecule has 0 bridgehead atoms. The number of hydrogen-bond acceptors (Lipinski definition) is 3. The minimum absolute atomic E-state index is 0.238. The summed E-state index contributed by atoms with van der Waals surface area (Å²) in [5, 5.41) is 5.36. The Morgan fingerprint density at radius 2 is 2.32 bits per heavy atom. The Balaban J connectivity index is 1.87. The van der Waals surface area contributed by atoms with E-state index in [1.54, 1.807) is 30.5 Å². The Labute approximate surface area is 118 Å². The molecule has 19 heavy (non-hydrogen) atoms. The number of nitrogens with one attached hydrogen (secondary N) is 1. The maximum absolute atomic E-state index is 12.1. The fourth-order valence-electron chi connectivity index (χ4n) is 1.76. The van der Waals surface area contributed by atoms with E-state index in [0.29, 0.717) is 16.4 Å². The van der Waals surface area contributed by atoms with Crippen LogP contribution in [0.25, 0.3) is 4.96 Å². The van der Waals surface area contributed by atoms with Gasteiger partial charge in [0.25, 0.3) is 5.91 Å². The number of anilines is 1. The van der Waals surface area contributed by atoms with Gasteiger partial charge < -0.3 is 5.32 Å². The highest BCUT2D eigenvalue weighted by molar-refractivity contribution is 7.15. The number of imidazole rings is 1. The molecule has 3 rings (SSSR count). The van der Waals surface area contributed by atoms with E-state index in [1.165, 1.54) is 11.3 Å². The number of carbonyl (C=O) groups excluding carboxylic acids is 1. The fourth-order valence-corrected chi connectivity index (χ4v) is 2.81. The molecule has 0 aliphatic heterocycles.